The summed E-state index contributed by atoms with van der Waals surface area (Å²) in [5.74, 6) is 3.67. The largest absolute Gasteiger partial charge is 0.481 e. The fourth-order valence-electron chi connectivity index (χ4n) is 1.33. The molecule has 0 aliphatic heterocycles. The van der Waals surface area contributed by atoms with Crippen LogP contribution in [0.3, 0.4) is 0 Å². The molecule has 2 aromatic rings. The second-order valence-corrected chi connectivity index (χ2v) is 3.08. The predicted molar refractivity (Wildman–Crippen MR) is 60.5 cm³/mol. The van der Waals surface area contributed by atoms with Crippen LogP contribution in [0.2, 0.25) is 0 Å². The summed E-state index contributed by atoms with van der Waals surface area (Å²) in [5, 5.41) is 0.985. The van der Waals surface area contributed by atoms with E-state index in [1.807, 2.05) is 24.3 Å². The number of aromatic nitrogens is 1. The van der Waals surface area contributed by atoms with E-state index in [2.05, 4.69) is 10.9 Å². The van der Waals surface area contributed by atoms with Crippen molar-refractivity contribution >= 4 is 16.7 Å². The molecule has 15 heavy (non-hydrogen) atoms. The van der Waals surface area contributed by atoms with Gasteiger partial charge >= 0.3 is 0 Å². The van der Waals surface area contributed by atoms with Gasteiger partial charge in [-0.1, -0.05) is 5.92 Å². The van der Waals surface area contributed by atoms with Crippen molar-refractivity contribution in [1.82, 2.24) is 4.98 Å². The van der Waals surface area contributed by atoms with Crippen LogP contribution in [0.4, 0.5) is 5.82 Å². The Morgan fingerprint density at radius 2 is 2.20 bits per heavy atom. The molecule has 0 amide bonds. The number of nitrogens with zero attached hydrogens (tertiary/aromatic N) is 1. The second-order valence-electron chi connectivity index (χ2n) is 3.08. The van der Waals surface area contributed by atoms with Crippen molar-refractivity contribution in [3.8, 4) is 18.1 Å². The van der Waals surface area contributed by atoms with Crippen molar-refractivity contribution in [3.05, 3.63) is 30.3 Å². The van der Waals surface area contributed by atoms with Crippen LogP contribution in [-0.2, 0) is 0 Å². The minimum atomic E-state index is 0.272. The highest BCUT2D eigenvalue weighted by Gasteiger charge is 1.98. The Bertz CT molecular complexity index is 529. The third-order valence-corrected chi connectivity index (χ3v) is 2.00. The number of nitrogen functional groups attached to an aromatic ring is 1. The van der Waals surface area contributed by atoms with Crippen LogP contribution in [0.25, 0.3) is 10.9 Å². The van der Waals surface area contributed by atoms with E-state index in [9.17, 15) is 0 Å². The van der Waals surface area contributed by atoms with Crippen molar-refractivity contribution in [2.24, 2.45) is 0 Å². The van der Waals surface area contributed by atoms with Crippen molar-refractivity contribution in [2.75, 3.05) is 12.3 Å². The van der Waals surface area contributed by atoms with Gasteiger partial charge in [-0.3, -0.25) is 0 Å². The van der Waals surface area contributed by atoms with Crippen LogP contribution in [-0.4, -0.2) is 11.6 Å². The Kier molecular flexibility index (Phi) is 2.42. The van der Waals surface area contributed by atoms with E-state index >= 15 is 0 Å². The summed E-state index contributed by atoms with van der Waals surface area (Å²) in [6.45, 7) is 0.272. The van der Waals surface area contributed by atoms with Gasteiger partial charge in [-0.05, 0) is 30.3 Å². The molecule has 3 nitrogen and oxygen atoms in total. The van der Waals surface area contributed by atoms with Gasteiger partial charge in [0, 0.05) is 5.39 Å². The van der Waals surface area contributed by atoms with Crippen molar-refractivity contribution in [1.29, 1.82) is 0 Å². The van der Waals surface area contributed by atoms with E-state index in [0.29, 0.717) is 5.82 Å². The van der Waals surface area contributed by atoms with Crippen LogP contribution in [0.15, 0.2) is 30.3 Å². The smallest absolute Gasteiger partial charge is 0.148 e. The van der Waals surface area contributed by atoms with Crippen molar-refractivity contribution in [3.63, 3.8) is 0 Å². The highest BCUT2D eigenvalue weighted by Crippen LogP contribution is 2.20. The molecular weight excluding hydrogens is 188 g/mol. The van der Waals surface area contributed by atoms with Crippen LogP contribution in [0.5, 0.6) is 5.75 Å². The van der Waals surface area contributed by atoms with Crippen LogP contribution < -0.4 is 10.5 Å². The van der Waals surface area contributed by atoms with Crippen LogP contribution >= 0.6 is 0 Å². The third kappa shape index (κ3) is 2.00. The highest BCUT2D eigenvalue weighted by atomic mass is 16.5. The molecule has 1 aromatic heterocycles. The lowest BCUT2D eigenvalue weighted by atomic mass is 10.2. The first-order chi connectivity index (χ1) is 7.29. The number of benzene rings is 1. The zero-order chi connectivity index (χ0) is 10.7. The number of nitrogens with two attached hydrogens (primary N) is 1. The van der Waals surface area contributed by atoms with Crippen LogP contribution in [0.1, 0.15) is 0 Å². The molecule has 74 valence electrons. The topological polar surface area (TPSA) is 48.1 Å². The lowest BCUT2D eigenvalue weighted by molar-refractivity contribution is 0.371. The number of hydrogen-bond donors (Lipinski definition) is 1. The minimum Gasteiger partial charge on any atom is -0.481 e. The first-order valence-electron chi connectivity index (χ1n) is 4.52. The maximum absolute atomic E-state index is 5.57. The molecule has 2 N–H and O–H groups in total. The Morgan fingerprint density at radius 1 is 1.33 bits per heavy atom. The molecular formula is C12H10N2O. The second kappa shape index (κ2) is 3.89. The predicted octanol–water partition coefficient (Wildman–Crippen LogP) is 1.83. The van der Waals surface area contributed by atoms with Gasteiger partial charge in [-0.25, -0.2) is 4.98 Å². The molecule has 0 bridgehead atoms. The van der Waals surface area contributed by atoms with Gasteiger partial charge in [0.1, 0.15) is 18.2 Å². The molecule has 0 atom stereocenters. The molecule has 0 spiro atoms. The number of terminal acetylenes is 1. The fourth-order valence-corrected chi connectivity index (χ4v) is 1.33. The Balaban J connectivity index is 2.40. The molecule has 1 aromatic carbocycles. The zero-order valence-electron chi connectivity index (χ0n) is 8.10. The summed E-state index contributed by atoms with van der Waals surface area (Å²) in [7, 11) is 0. The average Bonchev–Trinajstić information content (AvgIpc) is 2.26. The summed E-state index contributed by atoms with van der Waals surface area (Å²) >= 11 is 0. The molecule has 0 unspecified atom stereocenters. The molecule has 0 saturated heterocycles. The number of ether oxygens (including phenoxy) is 1. The molecule has 2 rings (SSSR count). The number of hydrogen-bond acceptors (Lipinski definition) is 3. The van der Waals surface area contributed by atoms with Crippen LogP contribution in [0, 0.1) is 12.3 Å². The van der Waals surface area contributed by atoms with E-state index in [-0.39, 0.29) is 6.61 Å². The van der Waals surface area contributed by atoms with E-state index in [0.717, 1.165) is 16.7 Å². The fraction of sp³-hybridized carbons (Fsp3) is 0.0833. The first kappa shape index (κ1) is 9.35. The van der Waals surface area contributed by atoms with Gasteiger partial charge in [-0.2, -0.15) is 0 Å². The standard InChI is InChI=1S/C12H10N2O/c1-2-7-15-10-4-5-11-9(8-10)3-6-12(13)14-11/h1,3-6,8H,7H2,(H2,13,14). The summed E-state index contributed by atoms with van der Waals surface area (Å²) in [5.41, 5.74) is 6.42. The number of rotatable bonds is 2. The van der Waals surface area contributed by atoms with Crippen molar-refractivity contribution in [2.45, 2.75) is 0 Å². The Labute approximate surface area is 87.9 Å². The van der Waals surface area contributed by atoms with Gasteiger partial charge in [0.15, 0.2) is 0 Å². The number of fused-ring (bicyclic) bond motifs is 1. The zero-order valence-corrected chi connectivity index (χ0v) is 8.10. The molecule has 0 fully saturated rings. The summed E-state index contributed by atoms with van der Waals surface area (Å²) < 4.78 is 5.30. The number of anilines is 1. The molecule has 3 heteroatoms. The van der Waals surface area contributed by atoms with E-state index in [1.54, 1.807) is 6.07 Å². The maximum atomic E-state index is 5.57. The van der Waals surface area contributed by atoms with Crippen molar-refractivity contribution < 1.29 is 4.74 Å². The lowest BCUT2D eigenvalue weighted by Gasteiger charge is -2.03. The van der Waals surface area contributed by atoms with Gasteiger partial charge in [0.05, 0.1) is 5.52 Å². The summed E-state index contributed by atoms with van der Waals surface area (Å²) in [4.78, 5) is 4.18. The van der Waals surface area contributed by atoms with E-state index in [4.69, 9.17) is 16.9 Å². The summed E-state index contributed by atoms with van der Waals surface area (Å²) in [6.07, 6.45) is 5.10. The normalized spacial score (nSPS) is 9.80. The van der Waals surface area contributed by atoms with Gasteiger partial charge in [0.2, 0.25) is 0 Å². The van der Waals surface area contributed by atoms with Gasteiger partial charge in [0.25, 0.3) is 0 Å². The molecule has 0 saturated carbocycles. The molecule has 0 aliphatic rings. The van der Waals surface area contributed by atoms with E-state index in [1.165, 1.54) is 0 Å². The average molecular weight is 198 g/mol. The monoisotopic (exact) mass is 198 g/mol. The first-order valence-corrected chi connectivity index (χ1v) is 4.52. The molecule has 0 radical (unpaired) electrons. The van der Waals surface area contributed by atoms with E-state index < -0.39 is 0 Å². The molecule has 0 aliphatic carbocycles. The lowest BCUT2D eigenvalue weighted by Crippen LogP contribution is -1.94. The van der Waals surface area contributed by atoms with Gasteiger partial charge < -0.3 is 10.5 Å². The van der Waals surface area contributed by atoms with Gasteiger partial charge in [-0.15, -0.1) is 6.42 Å². The number of pyridine rings is 1. The Hall–Kier alpha value is -2.21. The SMILES string of the molecule is C#CCOc1ccc2nc(N)ccc2c1. The Morgan fingerprint density at radius 3 is 3.00 bits per heavy atom. The maximum Gasteiger partial charge on any atom is 0.148 e. The molecule has 1 heterocycles. The third-order valence-electron chi connectivity index (χ3n) is 2.00. The summed E-state index contributed by atoms with van der Waals surface area (Å²) in [6, 6.07) is 9.23. The quantitative estimate of drug-likeness (QED) is 0.749. The minimum absolute atomic E-state index is 0.272. The highest BCUT2D eigenvalue weighted by molar-refractivity contribution is 5.81.